The molecule has 2 aromatic carbocycles. The molecule has 1 aliphatic rings. The Labute approximate surface area is 151 Å². The summed E-state index contributed by atoms with van der Waals surface area (Å²) in [5, 5.41) is 7.70. The summed E-state index contributed by atoms with van der Waals surface area (Å²) in [6, 6.07) is 21.2. The fraction of sp³-hybridized carbons (Fsp3) is 0.0909. The van der Waals surface area contributed by atoms with Crippen LogP contribution < -0.4 is 0 Å². The molecule has 4 aromatic rings. The number of benzene rings is 2. The monoisotopic (exact) mass is 339 g/mol. The molecule has 4 nitrogen and oxygen atoms in total. The van der Waals surface area contributed by atoms with E-state index in [1.54, 1.807) is 6.20 Å². The van der Waals surface area contributed by atoms with Crippen molar-refractivity contribution >= 4 is 6.08 Å². The van der Waals surface area contributed by atoms with Crippen LogP contribution in [-0.4, -0.2) is 15.2 Å². The highest BCUT2D eigenvalue weighted by Crippen LogP contribution is 2.42. The molecule has 5 rings (SSSR count). The number of nitrogens with one attached hydrogen (secondary N) is 1. The van der Waals surface area contributed by atoms with Crippen LogP contribution in [0.5, 0.6) is 0 Å². The first kappa shape index (κ1) is 14.9. The number of rotatable bonds is 3. The Morgan fingerprint density at radius 3 is 2.23 bits per heavy atom. The minimum Gasteiger partial charge on any atom is -0.442 e. The summed E-state index contributed by atoms with van der Waals surface area (Å²) < 4.78 is 5.44. The Balaban J connectivity index is 1.67. The average Bonchev–Trinajstić information content (AvgIpc) is 3.38. The number of hydrogen-bond acceptors (Lipinski definition) is 3. The SMILES string of the molecule is C1=CC(c2ccccc2)(c2ccccc2)Cc2[nH]nc(-c3cnco3)c21. The van der Waals surface area contributed by atoms with E-state index < -0.39 is 0 Å². The van der Waals surface area contributed by atoms with E-state index in [0.29, 0.717) is 5.76 Å². The number of nitrogens with zero attached hydrogens (tertiary/aromatic N) is 2. The first-order valence-electron chi connectivity index (χ1n) is 8.63. The van der Waals surface area contributed by atoms with Gasteiger partial charge >= 0.3 is 0 Å². The fourth-order valence-electron chi connectivity index (χ4n) is 3.82. The maximum atomic E-state index is 5.44. The second kappa shape index (κ2) is 5.85. The second-order valence-electron chi connectivity index (χ2n) is 6.54. The first-order chi connectivity index (χ1) is 12.9. The zero-order chi connectivity index (χ0) is 17.4. The van der Waals surface area contributed by atoms with Crippen molar-refractivity contribution in [1.29, 1.82) is 0 Å². The van der Waals surface area contributed by atoms with Gasteiger partial charge in [0.25, 0.3) is 0 Å². The summed E-state index contributed by atoms with van der Waals surface area (Å²) in [6.45, 7) is 0. The molecule has 0 saturated heterocycles. The molecule has 0 radical (unpaired) electrons. The Bertz CT molecular complexity index is 1010. The van der Waals surface area contributed by atoms with Gasteiger partial charge in [0.1, 0.15) is 5.69 Å². The van der Waals surface area contributed by atoms with E-state index in [9.17, 15) is 0 Å². The summed E-state index contributed by atoms with van der Waals surface area (Å²) in [7, 11) is 0. The number of allylic oxidation sites excluding steroid dienone is 1. The highest BCUT2D eigenvalue weighted by Gasteiger charge is 2.36. The molecule has 0 unspecified atom stereocenters. The summed E-state index contributed by atoms with van der Waals surface area (Å²) >= 11 is 0. The zero-order valence-electron chi connectivity index (χ0n) is 14.1. The highest BCUT2D eigenvalue weighted by atomic mass is 16.3. The largest absolute Gasteiger partial charge is 0.442 e. The number of H-pyrrole nitrogens is 1. The molecule has 2 heterocycles. The summed E-state index contributed by atoms with van der Waals surface area (Å²) in [6.07, 6.45) is 8.38. The van der Waals surface area contributed by atoms with Crippen LogP contribution in [0, 0.1) is 0 Å². The Morgan fingerprint density at radius 2 is 1.62 bits per heavy atom. The van der Waals surface area contributed by atoms with Gasteiger partial charge in [-0.3, -0.25) is 5.10 Å². The van der Waals surface area contributed by atoms with Gasteiger partial charge in [-0.2, -0.15) is 5.10 Å². The molecule has 0 bridgehead atoms. The molecule has 26 heavy (non-hydrogen) atoms. The molecule has 0 amide bonds. The minimum atomic E-state index is -0.221. The van der Waals surface area contributed by atoms with E-state index in [2.05, 4.69) is 88.0 Å². The van der Waals surface area contributed by atoms with Gasteiger partial charge in [-0.05, 0) is 11.1 Å². The third-order valence-corrected chi connectivity index (χ3v) is 5.12. The summed E-state index contributed by atoms with van der Waals surface area (Å²) in [5.41, 5.74) is 5.30. The highest BCUT2D eigenvalue weighted by molar-refractivity contribution is 5.73. The molecular formula is C22H17N3O. The quantitative estimate of drug-likeness (QED) is 0.592. The molecule has 0 saturated carbocycles. The Kier molecular flexibility index (Phi) is 3.35. The molecule has 1 aliphatic carbocycles. The summed E-state index contributed by atoms with van der Waals surface area (Å²) in [5.74, 6) is 0.680. The van der Waals surface area contributed by atoms with Crippen molar-refractivity contribution in [2.45, 2.75) is 11.8 Å². The van der Waals surface area contributed by atoms with E-state index >= 15 is 0 Å². The van der Waals surface area contributed by atoms with E-state index in [1.165, 1.54) is 17.5 Å². The predicted octanol–water partition coefficient (Wildman–Crippen LogP) is 4.62. The lowest BCUT2D eigenvalue weighted by Crippen LogP contribution is -2.30. The van der Waals surface area contributed by atoms with Gasteiger partial charge < -0.3 is 4.42 Å². The molecule has 126 valence electrons. The van der Waals surface area contributed by atoms with Gasteiger partial charge in [0.15, 0.2) is 12.2 Å². The van der Waals surface area contributed by atoms with Crippen LogP contribution in [0.15, 0.2) is 83.7 Å². The van der Waals surface area contributed by atoms with Crippen molar-refractivity contribution in [2.24, 2.45) is 0 Å². The van der Waals surface area contributed by atoms with Crippen LogP contribution in [0.4, 0.5) is 0 Å². The van der Waals surface area contributed by atoms with Crippen molar-refractivity contribution in [3.63, 3.8) is 0 Å². The van der Waals surface area contributed by atoms with Gasteiger partial charge in [-0.15, -0.1) is 0 Å². The van der Waals surface area contributed by atoms with E-state index in [4.69, 9.17) is 4.42 Å². The van der Waals surface area contributed by atoms with Gasteiger partial charge in [0.2, 0.25) is 0 Å². The lowest BCUT2D eigenvalue weighted by molar-refractivity contribution is 0.569. The van der Waals surface area contributed by atoms with Crippen molar-refractivity contribution in [2.75, 3.05) is 0 Å². The fourth-order valence-corrected chi connectivity index (χ4v) is 3.82. The predicted molar refractivity (Wildman–Crippen MR) is 100 cm³/mol. The molecule has 0 spiro atoms. The second-order valence-corrected chi connectivity index (χ2v) is 6.54. The first-order valence-corrected chi connectivity index (χ1v) is 8.63. The van der Waals surface area contributed by atoms with Crippen LogP contribution >= 0.6 is 0 Å². The maximum absolute atomic E-state index is 5.44. The number of aromatic amines is 1. The van der Waals surface area contributed by atoms with E-state index in [1.807, 2.05) is 0 Å². The van der Waals surface area contributed by atoms with Crippen LogP contribution in [0.2, 0.25) is 0 Å². The van der Waals surface area contributed by atoms with Crippen molar-refractivity contribution in [3.8, 4) is 11.5 Å². The van der Waals surface area contributed by atoms with Gasteiger partial charge in [0.05, 0.1) is 6.20 Å². The van der Waals surface area contributed by atoms with Crippen LogP contribution in [0.25, 0.3) is 17.5 Å². The maximum Gasteiger partial charge on any atom is 0.181 e. The standard InChI is InChI=1S/C22H17N3O/c1-3-7-16(8-4-1)22(17-9-5-2-6-10-17)12-11-18-19(13-22)24-25-21(18)20-14-23-15-26-20/h1-12,14-15H,13H2,(H,24,25). The van der Waals surface area contributed by atoms with Crippen molar-refractivity contribution in [1.82, 2.24) is 15.2 Å². The van der Waals surface area contributed by atoms with Crippen molar-refractivity contribution in [3.05, 3.63) is 102 Å². The lowest BCUT2D eigenvalue weighted by Gasteiger charge is -2.34. The molecule has 4 heteroatoms. The topological polar surface area (TPSA) is 54.7 Å². The normalized spacial score (nSPS) is 14.9. The van der Waals surface area contributed by atoms with Crippen LogP contribution in [0.3, 0.4) is 0 Å². The smallest absolute Gasteiger partial charge is 0.181 e. The lowest BCUT2D eigenvalue weighted by atomic mass is 9.68. The molecular weight excluding hydrogens is 322 g/mol. The number of oxazole rings is 1. The minimum absolute atomic E-state index is 0.221. The molecule has 0 aliphatic heterocycles. The van der Waals surface area contributed by atoms with Crippen LogP contribution in [-0.2, 0) is 11.8 Å². The summed E-state index contributed by atoms with van der Waals surface area (Å²) in [4.78, 5) is 4.01. The molecule has 0 atom stereocenters. The van der Waals surface area contributed by atoms with Gasteiger partial charge in [-0.1, -0.05) is 72.8 Å². The number of fused-ring (bicyclic) bond motifs is 1. The molecule has 0 fully saturated rings. The zero-order valence-corrected chi connectivity index (χ0v) is 14.1. The van der Waals surface area contributed by atoms with Crippen molar-refractivity contribution < 1.29 is 4.42 Å². The van der Waals surface area contributed by atoms with Gasteiger partial charge in [-0.25, -0.2) is 4.98 Å². The third-order valence-electron chi connectivity index (χ3n) is 5.12. The van der Waals surface area contributed by atoms with Crippen LogP contribution in [0.1, 0.15) is 22.4 Å². The van der Waals surface area contributed by atoms with E-state index in [0.717, 1.165) is 23.4 Å². The van der Waals surface area contributed by atoms with Gasteiger partial charge in [0, 0.05) is 23.1 Å². The molecule has 1 N–H and O–H groups in total. The third kappa shape index (κ3) is 2.23. The average molecular weight is 339 g/mol. The molecule has 2 aromatic heterocycles. The Morgan fingerprint density at radius 1 is 0.923 bits per heavy atom. The van der Waals surface area contributed by atoms with E-state index in [-0.39, 0.29) is 5.41 Å². The Hall–Kier alpha value is -3.40. The number of aromatic nitrogens is 3. The number of hydrogen-bond donors (Lipinski definition) is 1.